The second kappa shape index (κ2) is 8.56. The summed E-state index contributed by atoms with van der Waals surface area (Å²) >= 11 is 0. The molecule has 1 aromatic carbocycles. The standard InChI is InChI=1S/C23H26N6O/c1-3-4-12-29-21(15-26-23(29)28-11-7-9-18(24)16-28)22(30)27(2)19-13-17-8-5-6-10-20(17)25-14-19/h5-6,8,10,13-15,18H,7,9,11-12,16,24H2,1-2H3. The molecule has 154 valence electrons. The lowest BCUT2D eigenvalue weighted by Gasteiger charge is -2.32. The van der Waals surface area contributed by atoms with Crippen molar-refractivity contribution >= 4 is 28.4 Å². The van der Waals surface area contributed by atoms with Gasteiger partial charge in [-0.2, -0.15) is 0 Å². The van der Waals surface area contributed by atoms with Crippen LogP contribution in [0.15, 0.2) is 42.7 Å². The van der Waals surface area contributed by atoms with Crippen LogP contribution in [0, 0.1) is 11.8 Å². The van der Waals surface area contributed by atoms with Crippen LogP contribution in [0.3, 0.4) is 0 Å². The van der Waals surface area contributed by atoms with Gasteiger partial charge in [-0.1, -0.05) is 24.1 Å². The van der Waals surface area contributed by atoms with Crippen molar-refractivity contribution in [2.45, 2.75) is 32.4 Å². The van der Waals surface area contributed by atoms with E-state index in [0.29, 0.717) is 12.2 Å². The largest absolute Gasteiger partial charge is 0.341 e. The molecule has 1 aliphatic rings. The molecule has 1 amide bonds. The molecule has 0 radical (unpaired) electrons. The predicted molar refractivity (Wildman–Crippen MR) is 120 cm³/mol. The molecule has 0 aliphatic carbocycles. The third kappa shape index (κ3) is 3.87. The van der Waals surface area contributed by atoms with Crippen LogP contribution >= 0.6 is 0 Å². The van der Waals surface area contributed by atoms with Gasteiger partial charge in [-0.25, -0.2) is 4.98 Å². The van der Waals surface area contributed by atoms with Crippen molar-refractivity contribution in [2.24, 2.45) is 5.73 Å². The molecule has 30 heavy (non-hydrogen) atoms. The number of fused-ring (bicyclic) bond motifs is 1. The normalized spacial score (nSPS) is 16.2. The molecule has 1 aliphatic heterocycles. The summed E-state index contributed by atoms with van der Waals surface area (Å²) in [7, 11) is 1.76. The Bertz CT molecular complexity index is 1130. The smallest absolute Gasteiger partial charge is 0.276 e. The summed E-state index contributed by atoms with van der Waals surface area (Å²) in [6, 6.07) is 9.94. The molecule has 0 bridgehead atoms. The number of para-hydroxylation sites is 1. The highest BCUT2D eigenvalue weighted by Crippen LogP contribution is 2.24. The van der Waals surface area contributed by atoms with Crippen LogP contribution in [0.1, 0.15) is 30.3 Å². The summed E-state index contributed by atoms with van der Waals surface area (Å²) in [5.74, 6) is 6.59. The van der Waals surface area contributed by atoms with Gasteiger partial charge in [0.25, 0.3) is 5.91 Å². The van der Waals surface area contributed by atoms with Gasteiger partial charge in [0.2, 0.25) is 5.95 Å². The van der Waals surface area contributed by atoms with E-state index in [1.165, 1.54) is 0 Å². The van der Waals surface area contributed by atoms with Crippen molar-refractivity contribution in [3.63, 3.8) is 0 Å². The van der Waals surface area contributed by atoms with Gasteiger partial charge in [-0.15, -0.1) is 5.92 Å². The fraction of sp³-hybridized carbons (Fsp3) is 0.348. The van der Waals surface area contributed by atoms with Crippen LogP contribution in [0.4, 0.5) is 11.6 Å². The number of hydrogen-bond acceptors (Lipinski definition) is 5. The first-order chi connectivity index (χ1) is 14.6. The van der Waals surface area contributed by atoms with Gasteiger partial charge in [-0.3, -0.25) is 14.3 Å². The summed E-state index contributed by atoms with van der Waals surface area (Å²) in [6.45, 7) is 3.81. The average Bonchev–Trinajstić information content (AvgIpc) is 3.20. The number of nitrogens with two attached hydrogens (primary N) is 1. The summed E-state index contributed by atoms with van der Waals surface area (Å²) < 4.78 is 1.89. The average molecular weight is 403 g/mol. The van der Waals surface area contributed by atoms with Gasteiger partial charge < -0.3 is 15.5 Å². The van der Waals surface area contributed by atoms with Crippen LogP contribution in [-0.2, 0) is 6.54 Å². The number of anilines is 2. The highest BCUT2D eigenvalue weighted by molar-refractivity contribution is 6.05. The molecule has 1 atom stereocenters. The maximum Gasteiger partial charge on any atom is 0.276 e. The van der Waals surface area contributed by atoms with E-state index in [2.05, 4.69) is 26.7 Å². The maximum absolute atomic E-state index is 13.4. The minimum atomic E-state index is -0.148. The third-order valence-electron chi connectivity index (χ3n) is 5.48. The number of hydrogen-bond donors (Lipinski definition) is 1. The van der Waals surface area contributed by atoms with E-state index < -0.39 is 0 Å². The number of imidazole rings is 1. The summed E-state index contributed by atoms with van der Waals surface area (Å²) in [4.78, 5) is 26.2. The molecule has 7 nitrogen and oxygen atoms in total. The van der Waals surface area contributed by atoms with Gasteiger partial charge in [0.15, 0.2) is 0 Å². The van der Waals surface area contributed by atoms with Crippen molar-refractivity contribution in [1.82, 2.24) is 14.5 Å². The lowest BCUT2D eigenvalue weighted by molar-refractivity contribution is 0.0984. The van der Waals surface area contributed by atoms with E-state index in [9.17, 15) is 4.79 Å². The molecular weight excluding hydrogens is 376 g/mol. The van der Waals surface area contributed by atoms with Crippen LogP contribution in [0.5, 0.6) is 0 Å². The zero-order valence-corrected chi connectivity index (χ0v) is 17.4. The number of benzene rings is 1. The van der Waals surface area contributed by atoms with Gasteiger partial charge in [0.05, 0.1) is 30.1 Å². The van der Waals surface area contributed by atoms with E-state index in [1.54, 1.807) is 31.3 Å². The summed E-state index contributed by atoms with van der Waals surface area (Å²) in [5.41, 5.74) is 8.29. The Kier molecular flexibility index (Phi) is 5.68. The van der Waals surface area contributed by atoms with Crippen LogP contribution in [0.25, 0.3) is 10.9 Å². The van der Waals surface area contributed by atoms with Crippen molar-refractivity contribution in [1.29, 1.82) is 0 Å². The Labute approximate surface area is 176 Å². The van der Waals surface area contributed by atoms with Crippen molar-refractivity contribution in [2.75, 3.05) is 29.9 Å². The first-order valence-corrected chi connectivity index (χ1v) is 10.2. The zero-order valence-electron chi connectivity index (χ0n) is 17.4. The number of carbonyl (C=O) groups excluding carboxylic acids is 1. The third-order valence-corrected chi connectivity index (χ3v) is 5.48. The van der Waals surface area contributed by atoms with E-state index in [1.807, 2.05) is 34.9 Å². The number of piperidine rings is 1. The van der Waals surface area contributed by atoms with E-state index >= 15 is 0 Å². The maximum atomic E-state index is 13.4. The number of amides is 1. The summed E-state index contributed by atoms with van der Waals surface area (Å²) in [5, 5.41) is 0.989. The van der Waals surface area contributed by atoms with E-state index in [-0.39, 0.29) is 11.9 Å². The molecule has 3 aromatic rings. The van der Waals surface area contributed by atoms with Gasteiger partial charge >= 0.3 is 0 Å². The number of nitrogens with zero attached hydrogens (tertiary/aromatic N) is 5. The lowest BCUT2D eigenvalue weighted by Crippen LogP contribution is -2.44. The molecule has 2 N–H and O–H groups in total. The van der Waals surface area contributed by atoms with Crippen molar-refractivity contribution in [3.8, 4) is 11.8 Å². The first-order valence-electron chi connectivity index (χ1n) is 10.2. The number of carbonyl (C=O) groups is 1. The van der Waals surface area contributed by atoms with E-state index in [4.69, 9.17) is 5.73 Å². The first kappa shape index (κ1) is 19.9. The fourth-order valence-electron chi connectivity index (χ4n) is 3.83. The zero-order chi connectivity index (χ0) is 21.1. The quantitative estimate of drug-likeness (QED) is 0.679. The Hall–Kier alpha value is -3.37. The minimum absolute atomic E-state index is 0.117. The van der Waals surface area contributed by atoms with Crippen LogP contribution in [0.2, 0.25) is 0 Å². The topological polar surface area (TPSA) is 80.3 Å². The molecule has 4 rings (SSSR count). The Balaban J connectivity index is 1.67. The summed E-state index contributed by atoms with van der Waals surface area (Å²) in [6.07, 6.45) is 5.38. The molecule has 1 saturated heterocycles. The number of pyridine rings is 1. The molecule has 0 spiro atoms. The van der Waals surface area contributed by atoms with Gasteiger partial charge in [0.1, 0.15) is 5.69 Å². The second-order valence-electron chi connectivity index (χ2n) is 7.56. The Morgan fingerprint density at radius 1 is 1.30 bits per heavy atom. The molecule has 7 heteroatoms. The molecular formula is C23H26N6O. The molecule has 0 saturated carbocycles. The Morgan fingerprint density at radius 2 is 2.13 bits per heavy atom. The van der Waals surface area contributed by atoms with Gasteiger partial charge in [0, 0.05) is 31.6 Å². The Morgan fingerprint density at radius 3 is 2.93 bits per heavy atom. The van der Waals surface area contributed by atoms with E-state index in [0.717, 1.165) is 48.5 Å². The minimum Gasteiger partial charge on any atom is -0.341 e. The van der Waals surface area contributed by atoms with Crippen molar-refractivity contribution in [3.05, 3.63) is 48.4 Å². The number of rotatable bonds is 4. The van der Waals surface area contributed by atoms with Gasteiger partial charge in [-0.05, 0) is 31.9 Å². The highest BCUT2D eigenvalue weighted by Gasteiger charge is 2.26. The molecule has 1 unspecified atom stereocenters. The SMILES string of the molecule is CC#CCn1c(C(=O)N(C)c2cnc3ccccc3c2)cnc1N1CCCC(N)C1. The number of aromatic nitrogens is 3. The predicted octanol–water partition coefficient (Wildman–Crippen LogP) is 2.66. The molecule has 1 fully saturated rings. The molecule has 2 aromatic heterocycles. The molecule has 3 heterocycles. The second-order valence-corrected chi connectivity index (χ2v) is 7.56. The van der Waals surface area contributed by atoms with Crippen LogP contribution in [-0.4, -0.2) is 46.6 Å². The highest BCUT2D eigenvalue weighted by atomic mass is 16.2. The van der Waals surface area contributed by atoms with Crippen LogP contribution < -0.4 is 15.5 Å². The monoisotopic (exact) mass is 402 g/mol. The fourth-order valence-corrected chi connectivity index (χ4v) is 3.83. The lowest BCUT2D eigenvalue weighted by atomic mass is 10.1. The van der Waals surface area contributed by atoms with Crippen molar-refractivity contribution < 1.29 is 4.79 Å².